The highest BCUT2D eigenvalue weighted by Gasteiger charge is 2.32. The molecule has 2 aromatic carbocycles. The molecule has 0 radical (unpaired) electrons. The monoisotopic (exact) mass is 537 g/mol. The van der Waals surface area contributed by atoms with Crippen molar-refractivity contribution in [3.8, 4) is 22.7 Å². The number of alkyl halides is 6. The summed E-state index contributed by atoms with van der Waals surface area (Å²) in [5, 5.41) is 3.87. The molecule has 0 atom stereocenters. The molecule has 0 aliphatic carbocycles. The number of piperidine rings is 1. The number of benzene rings is 2. The first-order valence-corrected chi connectivity index (χ1v) is 11.9. The second kappa shape index (κ2) is 11.4. The lowest BCUT2D eigenvalue weighted by molar-refractivity contribution is -0.138. The summed E-state index contributed by atoms with van der Waals surface area (Å²) in [5.41, 5.74) is 0.572. The van der Waals surface area contributed by atoms with Crippen LogP contribution in [0.15, 0.2) is 59.5 Å². The fourth-order valence-electron chi connectivity index (χ4n) is 4.14. The quantitative estimate of drug-likeness (QED) is 0.280. The molecular formula is C26H25F6N5O. The molecule has 202 valence electrons. The minimum atomic E-state index is -4.38. The average molecular weight is 538 g/mol. The predicted molar refractivity (Wildman–Crippen MR) is 128 cm³/mol. The number of hydrogen-bond donors (Lipinski definition) is 1. The number of aromatic nitrogens is 4. The molecule has 1 saturated heterocycles. The first-order chi connectivity index (χ1) is 18.0. The highest BCUT2D eigenvalue weighted by molar-refractivity contribution is 5.60. The minimum Gasteiger partial charge on any atom is -0.345 e. The third-order valence-electron chi connectivity index (χ3n) is 6.06. The summed E-state index contributed by atoms with van der Waals surface area (Å²) in [4.78, 5) is 13.1. The number of imidazole rings is 1. The van der Waals surface area contributed by atoms with Gasteiger partial charge in [-0.3, -0.25) is 4.90 Å². The summed E-state index contributed by atoms with van der Waals surface area (Å²) in [6.07, 6.45) is -2.08. The smallest absolute Gasteiger partial charge is 0.345 e. The third kappa shape index (κ3) is 7.00. The van der Waals surface area contributed by atoms with Crippen molar-refractivity contribution in [1.82, 2.24) is 25.0 Å². The van der Waals surface area contributed by atoms with E-state index in [1.807, 2.05) is 0 Å². The van der Waals surface area contributed by atoms with Crippen molar-refractivity contribution in [3.63, 3.8) is 0 Å². The Labute approximate surface area is 214 Å². The summed E-state index contributed by atoms with van der Waals surface area (Å²) < 4.78 is 80.8. The van der Waals surface area contributed by atoms with Crippen molar-refractivity contribution < 1.29 is 30.9 Å². The lowest BCUT2D eigenvalue weighted by atomic mass is 10.0. The van der Waals surface area contributed by atoms with E-state index in [-0.39, 0.29) is 17.0 Å². The van der Waals surface area contributed by atoms with Crippen LogP contribution in [0.1, 0.15) is 41.8 Å². The zero-order valence-electron chi connectivity index (χ0n) is 20.4. The zero-order valence-corrected chi connectivity index (χ0v) is 20.4. The van der Waals surface area contributed by atoms with E-state index in [0.29, 0.717) is 23.6 Å². The molecule has 0 amide bonds. The Morgan fingerprint density at radius 1 is 0.921 bits per heavy atom. The lowest BCUT2D eigenvalue weighted by Crippen LogP contribution is -2.29. The van der Waals surface area contributed by atoms with Gasteiger partial charge in [0, 0.05) is 5.56 Å². The maximum atomic E-state index is 12.7. The molecule has 2 aromatic heterocycles. The fraction of sp³-hybridized carbons (Fsp3) is 0.346. The maximum Gasteiger partial charge on any atom is 0.416 e. The predicted octanol–water partition coefficient (Wildman–Crippen LogP) is 7.15. The van der Waals surface area contributed by atoms with E-state index in [2.05, 4.69) is 25.0 Å². The van der Waals surface area contributed by atoms with Crippen LogP contribution in [-0.2, 0) is 18.9 Å². The number of aromatic amines is 1. The first-order valence-electron chi connectivity index (χ1n) is 11.9. The molecule has 1 aliphatic rings. The van der Waals surface area contributed by atoms with Gasteiger partial charge in [0.1, 0.15) is 0 Å². The summed E-state index contributed by atoms with van der Waals surface area (Å²) in [6.45, 7) is 4.01. The van der Waals surface area contributed by atoms with E-state index in [1.54, 1.807) is 6.20 Å². The Hall–Kier alpha value is -3.67. The number of halogens is 6. The van der Waals surface area contributed by atoms with Gasteiger partial charge in [-0.05, 0) is 74.3 Å². The zero-order chi connectivity index (χ0) is 27.3. The van der Waals surface area contributed by atoms with E-state index in [1.165, 1.54) is 43.9 Å². The molecule has 0 unspecified atom stereocenters. The van der Waals surface area contributed by atoms with Gasteiger partial charge in [0.2, 0.25) is 0 Å². The Morgan fingerprint density at radius 3 is 2.32 bits per heavy atom. The summed E-state index contributed by atoms with van der Waals surface area (Å²) in [7, 11) is 0. The lowest BCUT2D eigenvalue weighted by Gasteiger charge is -2.24. The van der Waals surface area contributed by atoms with Crippen LogP contribution >= 0.6 is 0 Å². The normalized spacial score (nSPS) is 14.7. The number of H-pyrrole nitrogens is 1. The van der Waals surface area contributed by atoms with Crippen molar-refractivity contribution >= 4 is 0 Å². The van der Waals surface area contributed by atoms with Crippen molar-refractivity contribution in [2.24, 2.45) is 0 Å². The number of rotatable bonds is 4. The Balaban J connectivity index is 0.000000186. The van der Waals surface area contributed by atoms with Gasteiger partial charge in [-0.1, -0.05) is 23.7 Å². The molecule has 6 nitrogen and oxygen atoms in total. The molecule has 1 N–H and O–H groups in total. The van der Waals surface area contributed by atoms with Crippen LogP contribution in [0, 0.1) is 6.92 Å². The molecule has 0 spiro atoms. The van der Waals surface area contributed by atoms with Gasteiger partial charge >= 0.3 is 12.4 Å². The highest BCUT2D eigenvalue weighted by Crippen LogP contribution is 2.34. The molecule has 1 fully saturated rings. The van der Waals surface area contributed by atoms with Crippen LogP contribution in [-0.4, -0.2) is 38.1 Å². The minimum absolute atomic E-state index is 0.123. The van der Waals surface area contributed by atoms with Crippen molar-refractivity contribution in [3.05, 3.63) is 77.5 Å². The van der Waals surface area contributed by atoms with Gasteiger partial charge in [-0.2, -0.15) is 31.3 Å². The van der Waals surface area contributed by atoms with Gasteiger partial charge in [-0.15, -0.1) is 0 Å². The van der Waals surface area contributed by atoms with Gasteiger partial charge in [0.05, 0.1) is 35.9 Å². The molecule has 0 bridgehead atoms. The first kappa shape index (κ1) is 27.4. The number of hydrogen-bond acceptors (Lipinski definition) is 5. The topological polar surface area (TPSA) is 70.8 Å². The van der Waals surface area contributed by atoms with E-state index in [4.69, 9.17) is 4.52 Å². The third-order valence-corrected chi connectivity index (χ3v) is 6.06. The molecule has 12 heteroatoms. The number of likely N-dealkylation sites (tertiary alicyclic amines) is 1. The number of nitrogens with one attached hydrogen (secondary N) is 1. The van der Waals surface area contributed by atoms with Gasteiger partial charge in [0.25, 0.3) is 5.89 Å². The summed E-state index contributed by atoms with van der Waals surface area (Å²) in [6, 6.07) is 8.94. The van der Waals surface area contributed by atoms with E-state index in [9.17, 15) is 26.3 Å². The summed E-state index contributed by atoms with van der Waals surface area (Å²) >= 11 is 0. The molecule has 5 rings (SSSR count). The van der Waals surface area contributed by atoms with E-state index < -0.39 is 23.5 Å². The van der Waals surface area contributed by atoms with Crippen LogP contribution < -0.4 is 0 Å². The van der Waals surface area contributed by atoms with E-state index >= 15 is 0 Å². The highest BCUT2D eigenvalue weighted by atomic mass is 19.4. The van der Waals surface area contributed by atoms with Gasteiger partial charge in [0.15, 0.2) is 5.82 Å². The standard InChI is InChI=1S/C15H16F3N3O.C11H9F3N2/c16-15(17,18)12-6-4-5-11(9-12)14-19-13(20-22-14)10-21-7-2-1-3-8-21;1-7-4-8(10-5-15-6-16-10)2-3-9(7)11(12,13)14/h4-6,9H,1-3,7-8,10H2;2-6H,1H3,(H,15,16). The van der Waals surface area contributed by atoms with Crippen molar-refractivity contribution in [2.45, 2.75) is 45.1 Å². The maximum absolute atomic E-state index is 12.7. The van der Waals surface area contributed by atoms with Crippen LogP contribution in [0.4, 0.5) is 26.3 Å². The van der Waals surface area contributed by atoms with Crippen LogP contribution in [0.5, 0.6) is 0 Å². The van der Waals surface area contributed by atoms with Crippen LogP contribution in [0.3, 0.4) is 0 Å². The summed E-state index contributed by atoms with van der Waals surface area (Å²) in [5.74, 6) is 0.632. The molecular weight excluding hydrogens is 512 g/mol. The van der Waals surface area contributed by atoms with Crippen LogP contribution in [0.25, 0.3) is 22.7 Å². The van der Waals surface area contributed by atoms with Crippen molar-refractivity contribution in [2.75, 3.05) is 13.1 Å². The molecule has 0 saturated carbocycles. The van der Waals surface area contributed by atoms with Crippen molar-refractivity contribution in [1.29, 1.82) is 0 Å². The second-order valence-electron chi connectivity index (χ2n) is 8.92. The fourth-order valence-corrected chi connectivity index (χ4v) is 4.14. The Bertz CT molecular complexity index is 1320. The number of nitrogens with zero attached hydrogens (tertiary/aromatic N) is 4. The Kier molecular flexibility index (Phi) is 8.20. The molecule has 38 heavy (non-hydrogen) atoms. The molecule has 3 heterocycles. The second-order valence-corrected chi connectivity index (χ2v) is 8.92. The van der Waals surface area contributed by atoms with Crippen LogP contribution in [0.2, 0.25) is 0 Å². The molecule has 4 aromatic rings. The largest absolute Gasteiger partial charge is 0.416 e. The SMILES string of the molecule is Cc1cc(-c2cnc[nH]2)ccc1C(F)(F)F.FC(F)(F)c1cccc(-c2nc(CN3CCCCC3)no2)c1. The molecule has 1 aliphatic heterocycles. The van der Waals surface area contributed by atoms with E-state index in [0.717, 1.165) is 44.1 Å². The Morgan fingerprint density at radius 2 is 1.68 bits per heavy atom. The average Bonchev–Trinajstić information content (AvgIpc) is 3.57. The number of aryl methyl sites for hydroxylation is 1. The van der Waals surface area contributed by atoms with Gasteiger partial charge in [-0.25, -0.2) is 4.98 Å². The van der Waals surface area contributed by atoms with Gasteiger partial charge < -0.3 is 9.51 Å².